The molecule has 37 heavy (non-hydrogen) atoms. The predicted molar refractivity (Wildman–Crippen MR) is 138 cm³/mol. The van der Waals surface area contributed by atoms with E-state index in [2.05, 4.69) is 20.8 Å². The van der Waals surface area contributed by atoms with E-state index in [1.54, 1.807) is 0 Å². The quantitative estimate of drug-likeness (QED) is 0.287. The average Bonchev–Trinajstić information content (AvgIpc) is 3.24. The largest absolute Gasteiger partial charge is 0.466 e. The van der Waals surface area contributed by atoms with Crippen molar-refractivity contribution in [2.75, 3.05) is 20.0 Å². The van der Waals surface area contributed by atoms with Crippen molar-refractivity contribution in [1.29, 1.82) is 0 Å². The second-order valence-electron chi connectivity index (χ2n) is 12.0. The van der Waals surface area contributed by atoms with E-state index in [1.807, 2.05) is 30.3 Å². The summed E-state index contributed by atoms with van der Waals surface area (Å²) in [4.78, 5) is 25.2. The molecule has 8 atom stereocenters. The van der Waals surface area contributed by atoms with Crippen LogP contribution in [-0.4, -0.2) is 54.2 Å². The topological polar surface area (TPSA) is 102 Å². The van der Waals surface area contributed by atoms with Crippen molar-refractivity contribution in [3.63, 3.8) is 0 Å². The monoisotopic (exact) mass is 516 g/mol. The van der Waals surface area contributed by atoms with Gasteiger partial charge in [-0.1, -0.05) is 51.1 Å². The zero-order chi connectivity index (χ0) is 26.8. The van der Waals surface area contributed by atoms with Crippen LogP contribution in [0.2, 0.25) is 0 Å². The van der Waals surface area contributed by atoms with E-state index < -0.39 is 34.2 Å². The molecule has 7 heteroatoms. The summed E-state index contributed by atoms with van der Waals surface area (Å²) in [6.45, 7) is 8.18. The van der Waals surface area contributed by atoms with Crippen LogP contribution in [0.3, 0.4) is 0 Å². The van der Waals surface area contributed by atoms with Gasteiger partial charge in [-0.05, 0) is 54.4 Å². The molecule has 206 valence electrons. The number of ketones is 1. The first-order valence-electron chi connectivity index (χ1n) is 13.8. The minimum Gasteiger partial charge on any atom is -0.466 e. The number of aliphatic hydroxyl groups is 2. The van der Waals surface area contributed by atoms with Gasteiger partial charge in [-0.2, -0.15) is 0 Å². The van der Waals surface area contributed by atoms with Gasteiger partial charge in [0.15, 0.2) is 0 Å². The van der Waals surface area contributed by atoms with E-state index in [9.17, 15) is 19.8 Å². The Balaban J connectivity index is 1.66. The molecule has 3 aliphatic carbocycles. The molecule has 0 heterocycles. The molecule has 3 saturated carbocycles. The fraction of sp³-hybridized carbons (Fsp3) is 0.733. The molecule has 3 aliphatic rings. The molecule has 2 unspecified atom stereocenters. The van der Waals surface area contributed by atoms with Gasteiger partial charge in [0.2, 0.25) is 0 Å². The number of esters is 1. The molecule has 4 rings (SSSR count). The van der Waals surface area contributed by atoms with Crippen LogP contribution < -0.4 is 0 Å². The lowest BCUT2D eigenvalue weighted by Gasteiger charge is -2.63. The van der Waals surface area contributed by atoms with Crippen molar-refractivity contribution < 1.29 is 34.0 Å². The summed E-state index contributed by atoms with van der Waals surface area (Å²) in [6.07, 6.45) is 2.60. The number of aliphatic hydroxyl groups excluding tert-OH is 2. The molecule has 0 saturated heterocycles. The lowest BCUT2D eigenvalue weighted by atomic mass is 9.43. The van der Waals surface area contributed by atoms with Crippen molar-refractivity contribution in [1.82, 2.24) is 0 Å². The maximum atomic E-state index is 13.6. The first-order chi connectivity index (χ1) is 17.6. The van der Waals surface area contributed by atoms with Gasteiger partial charge in [0.05, 0.1) is 32.0 Å². The Labute approximate surface area is 220 Å². The van der Waals surface area contributed by atoms with Crippen molar-refractivity contribution in [3.8, 4) is 0 Å². The van der Waals surface area contributed by atoms with Gasteiger partial charge in [0.25, 0.3) is 0 Å². The number of carbonyl (C=O) groups is 2. The standard InChI is InChI=1S/C30H44O7/c1-5-28(4)15-25(34)30(18-31)23(17-36-21(3)32)11-13-29(14-12-24(33)26(29)30)20(2)27(28)37-19-35-16-22-9-7-6-8-10-22/h6-10,20,23,25-27,31,34H,5,11-19H2,1-4H3/t20-,23-,25+,26?,27?,28+,29-,30-/m0/s1. The minimum absolute atomic E-state index is 0.0160. The van der Waals surface area contributed by atoms with Gasteiger partial charge < -0.3 is 24.4 Å². The molecule has 0 aliphatic heterocycles. The smallest absolute Gasteiger partial charge is 0.302 e. The summed E-state index contributed by atoms with van der Waals surface area (Å²) >= 11 is 0. The molecule has 7 nitrogen and oxygen atoms in total. The van der Waals surface area contributed by atoms with Gasteiger partial charge in [0, 0.05) is 30.6 Å². The summed E-state index contributed by atoms with van der Waals surface area (Å²) in [7, 11) is 0. The van der Waals surface area contributed by atoms with Crippen molar-refractivity contribution in [2.45, 2.75) is 85.0 Å². The van der Waals surface area contributed by atoms with E-state index in [1.165, 1.54) is 6.92 Å². The van der Waals surface area contributed by atoms with E-state index in [0.717, 1.165) is 24.8 Å². The second-order valence-corrected chi connectivity index (χ2v) is 12.0. The highest BCUT2D eigenvalue weighted by Crippen LogP contribution is 2.68. The van der Waals surface area contributed by atoms with Crippen LogP contribution in [0.1, 0.15) is 71.8 Å². The Morgan fingerprint density at radius 1 is 1.19 bits per heavy atom. The summed E-state index contributed by atoms with van der Waals surface area (Å²) in [5.41, 5.74) is -0.762. The first-order valence-corrected chi connectivity index (χ1v) is 13.8. The zero-order valence-electron chi connectivity index (χ0n) is 22.8. The number of rotatable bonds is 9. The summed E-state index contributed by atoms with van der Waals surface area (Å²) in [5.74, 6) is -1.05. The number of benzene rings is 1. The Kier molecular flexibility index (Phi) is 8.49. The molecule has 2 bridgehead atoms. The van der Waals surface area contributed by atoms with Crippen molar-refractivity contribution >= 4 is 11.8 Å². The van der Waals surface area contributed by atoms with E-state index in [4.69, 9.17) is 14.2 Å². The molecule has 3 fully saturated rings. The van der Waals surface area contributed by atoms with Gasteiger partial charge in [-0.3, -0.25) is 9.59 Å². The van der Waals surface area contributed by atoms with Crippen LogP contribution in [0.4, 0.5) is 0 Å². The van der Waals surface area contributed by atoms with Gasteiger partial charge in [-0.25, -0.2) is 0 Å². The van der Waals surface area contributed by atoms with Crippen molar-refractivity contribution in [2.24, 2.45) is 34.0 Å². The van der Waals surface area contributed by atoms with Gasteiger partial charge >= 0.3 is 5.97 Å². The summed E-state index contributed by atoms with van der Waals surface area (Å²) in [5, 5.41) is 22.9. The fourth-order valence-electron chi connectivity index (χ4n) is 8.18. The number of Topliss-reactive ketones (excluding diaryl/α,β-unsaturated/α-hetero) is 1. The predicted octanol–water partition coefficient (Wildman–Crippen LogP) is 4.28. The maximum absolute atomic E-state index is 13.6. The van der Waals surface area contributed by atoms with E-state index >= 15 is 0 Å². The molecule has 0 amide bonds. The molecule has 1 aromatic rings. The maximum Gasteiger partial charge on any atom is 0.302 e. The second kappa shape index (κ2) is 11.1. The van der Waals surface area contributed by atoms with Crippen molar-refractivity contribution in [3.05, 3.63) is 35.9 Å². The molecule has 0 radical (unpaired) electrons. The van der Waals surface area contributed by atoms with Gasteiger partial charge in [0.1, 0.15) is 12.6 Å². The highest BCUT2D eigenvalue weighted by molar-refractivity contribution is 5.85. The first kappa shape index (κ1) is 28.2. The Bertz CT molecular complexity index is 951. The third-order valence-corrected chi connectivity index (χ3v) is 10.3. The third kappa shape index (κ3) is 4.88. The molecule has 1 aromatic carbocycles. The van der Waals surface area contributed by atoms with Gasteiger partial charge in [-0.15, -0.1) is 0 Å². The van der Waals surface area contributed by atoms with E-state index in [-0.39, 0.29) is 43.7 Å². The van der Waals surface area contributed by atoms with Crippen LogP contribution in [0.15, 0.2) is 30.3 Å². The lowest BCUT2D eigenvalue weighted by Crippen LogP contribution is -2.66. The SMILES string of the molecule is CC[C@]1(C)C[C@@H](O)[C@@]2(CO)C3C(=O)CC[C@@]3(CC[C@H]2COC(C)=O)[C@@H](C)C1OCOCc1ccccc1. The van der Waals surface area contributed by atoms with Crippen LogP contribution in [0.5, 0.6) is 0 Å². The normalized spacial score (nSPS) is 39.5. The number of hydrogen-bond acceptors (Lipinski definition) is 7. The zero-order valence-corrected chi connectivity index (χ0v) is 22.8. The molecular formula is C30H44O7. The third-order valence-electron chi connectivity index (χ3n) is 10.3. The highest BCUT2D eigenvalue weighted by atomic mass is 16.7. The number of carbonyl (C=O) groups excluding carboxylic acids is 2. The lowest BCUT2D eigenvalue weighted by molar-refractivity contribution is -0.243. The number of hydrogen-bond donors (Lipinski definition) is 2. The Morgan fingerprint density at radius 3 is 2.57 bits per heavy atom. The minimum atomic E-state index is -1.04. The highest BCUT2D eigenvalue weighted by Gasteiger charge is 2.70. The Hall–Kier alpha value is -1.80. The molecular weight excluding hydrogens is 472 g/mol. The Morgan fingerprint density at radius 2 is 1.92 bits per heavy atom. The van der Waals surface area contributed by atoms with Crippen LogP contribution in [0.25, 0.3) is 0 Å². The average molecular weight is 517 g/mol. The van der Waals surface area contributed by atoms with Crippen LogP contribution >= 0.6 is 0 Å². The van der Waals surface area contributed by atoms with Crippen LogP contribution in [-0.2, 0) is 30.4 Å². The molecule has 2 N–H and O–H groups in total. The number of ether oxygens (including phenoxy) is 3. The van der Waals surface area contributed by atoms with Crippen LogP contribution in [0, 0.1) is 34.0 Å². The summed E-state index contributed by atoms with van der Waals surface area (Å²) < 4.78 is 17.9. The fourth-order valence-corrected chi connectivity index (χ4v) is 8.18. The molecule has 0 spiro atoms. The van der Waals surface area contributed by atoms with E-state index in [0.29, 0.717) is 25.9 Å². The summed E-state index contributed by atoms with van der Waals surface area (Å²) in [6, 6.07) is 9.96. The molecule has 0 aromatic heterocycles.